The standard InChI is InChI=1S/C12H14N4O/c1-2-9-8-11(16-15-9)14-12(17)13-10-6-4-3-5-7-10/h3-8H,2H2,1H3,(H3,13,14,15,16,17). The Bertz CT molecular complexity index is 492. The van der Waals surface area contributed by atoms with Crippen LogP contribution in [-0.4, -0.2) is 16.2 Å². The Balaban J connectivity index is 1.93. The molecule has 1 aromatic carbocycles. The van der Waals surface area contributed by atoms with Crippen molar-refractivity contribution in [1.29, 1.82) is 0 Å². The third-order valence-electron chi connectivity index (χ3n) is 2.29. The molecule has 0 unspecified atom stereocenters. The third-order valence-corrected chi connectivity index (χ3v) is 2.29. The Hall–Kier alpha value is -2.30. The SMILES string of the molecule is CCc1cc(NC(=O)Nc2ccccc2)n[nH]1. The lowest BCUT2D eigenvalue weighted by Crippen LogP contribution is -2.19. The maximum atomic E-state index is 11.6. The van der Waals surface area contributed by atoms with Crippen molar-refractivity contribution in [1.82, 2.24) is 10.2 Å². The summed E-state index contributed by atoms with van der Waals surface area (Å²) in [5.74, 6) is 0.523. The first-order valence-electron chi connectivity index (χ1n) is 5.45. The van der Waals surface area contributed by atoms with Gasteiger partial charge in [-0.05, 0) is 18.6 Å². The first kappa shape index (κ1) is 11.2. The minimum Gasteiger partial charge on any atom is -0.308 e. The molecule has 88 valence electrons. The van der Waals surface area contributed by atoms with E-state index < -0.39 is 0 Å². The number of aryl methyl sites for hydroxylation is 1. The van der Waals surface area contributed by atoms with E-state index in [0.29, 0.717) is 5.82 Å². The van der Waals surface area contributed by atoms with Gasteiger partial charge in [-0.1, -0.05) is 25.1 Å². The number of H-pyrrole nitrogens is 1. The maximum Gasteiger partial charge on any atom is 0.324 e. The van der Waals surface area contributed by atoms with E-state index in [0.717, 1.165) is 17.8 Å². The molecule has 0 spiro atoms. The van der Waals surface area contributed by atoms with Crippen LogP contribution in [0.5, 0.6) is 0 Å². The second-order valence-corrected chi connectivity index (χ2v) is 3.58. The lowest BCUT2D eigenvalue weighted by Gasteiger charge is -2.04. The molecule has 2 rings (SSSR count). The number of amides is 2. The van der Waals surface area contributed by atoms with E-state index >= 15 is 0 Å². The molecule has 0 aliphatic carbocycles. The number of benzene rings is 1. The molecule has 0 saturated heterocycles. The number of hydrogen-bond acceptors (Lipinski definition) is 2. The number of para-hydroxylation sites is 1. The highest BCUT2D eigenvalue weighted by atomic mass is 16.2. The molecule has 0 radical (unpaired) electrons. The number of urea groups is 1. The van der Waals surface area contributed by atoms with E-state index in [1.807, 2.05) is 43.3 Å². The van der Waals surface area contributed by atoms with Crippen LogP contribution in [-0.2, 0) is 6.42 Å². The zero-order valence-electron chi connectivity index (χ0n) is 9.53. The lowest BCUT2D eigenvalue weighted by molar-refractivity contribution is 0.262. The van der Waals surface area contributed by atoms with Gasteiger partial charge in [0, 0.05) is 17.4 Å². The molecular formula is C12H14N4O. The molecule has 0 atom stereocenters. The summed E-state index contributed by atoms with van der Waals surface area (Å²) in [4.78, 5) is 11.6. The fraction of sp³-hybridized carbons (Fsp3) is 0.167. The van der Waals surface area contributed by atoms with Gasteiger partial charge in [0.25, 0.3) is 0 Å². The summed E-state index contributed by atoms with van der Waals surface area (Å²) in [6.45, 7) is 2.02. The first-order valence-corrected chi connectivity index (χ1v) is 5.45. The van der Waals surface area contributed by atoms with E-state index in [1.54, 1.807) is 0 Å². The third kappa shape index (κ3) is 3.07. The van der Waals surface area contributed by atoms with Gasteiger partial charge in [-0.15, -0.1) is 0 Å². The van der Waals surface area contributed by atoms with Crippen LogP contribution >= 0.6 is 0 Å². The second-order valence-electron chi connectivity index (χ2n) is 3.58. The Morgan fingerprint density at radius 2 is 2.06 bits per heavy atom. The molecule has 5 heteroatoms. The van der Waals surface area contributed by atoms with Crippen molar-refractivity contribution in [2.45, 2.75) is 13.3 Å². The van der Waals surface area contributed by atoms with Crippen LogP contribution in [0.4, 0.5) is 16.3 Å². The smallest absolute Gasteiger partial charge is 0.308 e. The molecule has 0 bridgehead atoms. The van der Waals surface area contributed by atoms with Crippen LogP contribution in [0.2, 0.25) is 0 Å². The number of carbonyl (C=O) groups is 1. The number of aromatic nitrogens is 2. The van der Waals surface area contributed by atoms with Crippen molar-refractivity contribution in [3.05, 3.63) is 42.1 Å². The monoisotopic (exact) mass is 230 g/mol. The van der Waals surface area contributed by atoms with Crippen LogP contribution in [0.3, 0.4) is 0 Å². The first-order chi connectivity index (χ1) is 8.28. The van der Waals surface area contributed by atoms with Crippen molar-refractivity contribution in [2.24, 2.45) is 0 Å². The molecule has 5 nitrogen and oxygen atoms in total. The molecule has 1 heterocycles. The van der Waals surface area contributed by atoms with E-state index in [2.05, 4.69) is 20.8 Å². The van der Waals surface area contributed by atoms with Gasteiger partial charge < -0.3 is 5.32 Å². The highest BCUT2D eigenvalue weighted by molar-refractivity contribution is 5.99. The van der Waals surface area contributed by atoms with Crippen LogP contribution in [0, 0.1) is 0 Å². The molecule has 0 saturated carbocycles. The number of carbonyl (C=O) groups excluding carboxylic acids is 1. The maximum absolute atomic E-state index is 11.6. The Labute approximate surface area is 99.2 Å². The van der Waals surface area contributed by atoms with Crippen LogP contribution < -0.4 is 10.6 Å². The van der Waals surface area contributed by atoms with Crippen molar-refractivity contribution in [2.75, 3.05) is 10.6 Å². The van der Waals surface area contributed by atoms with E-state index in [1.165, 1.54) is 0 Å². The predicted molar refractivity (Wildman–Crippen MR) is 67.0 cm³/mol. The molecule has 17 heavy (non-hydrogen) atoms. The summed E-state index contributed by atoms with van der Waals surface area (Å²) < 4.78 is 0. The average Bonchev–Trinajstić information content (AvgIpc) is 2.78. The summed E-state index contributed by atoms with van der Waals surface area (Å²) in [6, 6.07) is 10.8. The van der Waals surface area contributed by atoms with Gasteiger partial charge in [0.05, 0.1) is 0 Å². The predicted octanol–water partition coefficient (Wildman–Crippen LogP) is 2.62. The van der Waals surface area contributed by atoms with Crippen molar-refractivity contribution >= 4 is 17.5 Å². The normalized spacial score (nSPS) is 9.94. The Kier molecular flexibility index (Phi) is 3.40. The van der Waals surface area contributed by atoms with Crippen LogP contribution in [0.15, 0.2) is 36.4 Å². The van der Waals surface area contributed by atoms with Gasteiger partial charge in [0.1, 0.15) is 0 Å². The summed E-state index contributed by atoms with van der Waals surface area (Å²) in [7, 11) is 0. The fourth-order valence-corrected chi connectivity index (χ4v) is 1.41. The average molecular weight is 230 g/mol. The fourth-order valence-electron chi connectivity index (χ4n) is 1.41. The molecule has 2 aromatic rings. The summed E-state index contributed by atoms with van der Waals surface area (Å²) >= 11 is 0. The van der Waals surface area contributed by atoms with Crippen molar-refractivity contribution in [3.63, 3.8) is 0 Å². The lowest BCUT2D eigenvalue weighted by atomic mass is 10.3. The second kappa shape index (κ2) is 5.16. The molecule has 3 N–H and O–H groups in total. The largest absolute Gasteiger partial charge is 0.324 e. The van der Waals surface area contributed by atoms with Gasteiger partial charge in [-0.3, -0.25) is 10.4 Å². The summed E-state index contributed by atoms with van der Waals surface area (Å²) in [5, 5.41) is 12.2. The topological polar surface area (TPSA) is 69.8 Å². The Morgan fingerprint density at radius 3 is 2.71 bits per heavy atom. The van der Waals surface area contributed by atoms with E-state index in [4.69, 9.17) is 0 Å². The van der Waals surface area contributed by atoms with Gasteiger partial charge in [-0.2, -0.15) is 5.10 Å². The van der Waals surface area contributed by atoms with Crippen molar-refractivity contribution < 1.29 is 4.79 Å². The number of rotatable bonds is 3. The number of anilines is 2. The summed E-state index contributed by atoms with van der Waals surface area (Å²) in [5.41, 5.74) is 1.73. The zero-order valence-corrected chi connectivity index (χ0v) is 9.53. The highest BCUT2D eigenvalue weighted by Crippen LogP contribution is 2.08. The number of nitrogens with one attached hydrogen (secondary N) is 3. The van der Waals surface area contributed by atoms with Crippen LogP contribution in [0.1, 0.15) is 12.6 Å². The van der Waals surface area contributed by atoms with Crippen molar-refractivity contribution in [3.8, 4) is 0 Å². The Morgan fingerprint density at radius 1 is 1.29 bits per heavy atom. The quantitative estimate of drug-likeness (QED) is 0.758. The van der Waals surface area contributed by atoms with Gasteiger partial charge in [-0.25, -0.2) is 4.79 Å². The number of nitrogens with zero attached hydrogens (tertiary/aromatic N) is 1. The number of aromatic amines is 1. The highest BCUT2D eigenvalue weighted by Gasteiger charge is 2.04. The molecular weight excluding hydrogens is 216 g/mol. The van der Waals surface area contributed by atoms with Gasteiger partial charge in [0.2, 0.25) is 0 Å². The van der Waals surface area contributed by atoms with E-state index in [-0.39, 0.29) is 6.03 Å². The molecule has 0 aliphatic heterocycles. The molecule has 2 amide bonds. The zero-order chi connectivity index (χ0) is 12.1. The van der Waals surface area contributed by atoms with Gasteiger partial charge in [0.15, 0.2) is 5.82 Å². The van der Waals surface area contributed by atoms with Gasteiger partial charge >= 0.3 is 6.03 Å². The summed E-state index contributed by atoms with van der Waals surface area (Å²) in [6.07, 6.45) is 0.856. The minimum absolute atomic E-state index is 0.301. The molecule has 0 fully saturated rings. The molecule has 1 aromatic heterocycles. The van der Waals surface area contributed by atoms with E-state index in [9.17, 15) is 4.79 Å². The van der Waals surface area contributed by atoms with Crippen LogP contribution in [0.25, 0.3) is 0 Å². The number of hydrogen-bond donors (Lipinski definition) is 3. The minimum atomic E-state index is -0.301. The molecule has 0 aliphatic rings.